The van der Waals surface area contributed by atoms with E-state index in [2.05, 4.69) is 11.4 Å². The van der Waals surface area contributed by atoms with E-state index in [0.717, 1.165) is 54.5 Å². The van der Waals surface area contributed by atoms with E-state index in [9.17, 15) is 38.4 Å². The van der Waals surface area contributed by atoms with Gasteiger partial charge < -0.3 is 25.3 Å². The van der Waals surface area contributed by atoms with Gasteiger partial charge in [0.25, 0.3) is 0 Å². The molecule has 3 heterocycles. The molecule has 3 aromatic rings. The van der Waals surface area contributed by atoms with Crippen molar-refractivity contribution >= 4 is 68.8 Å². The van der Waals surface area contributed by atoms with E-state index in [4.69, 9.17) is 33.4 Å². The normalized spacial score (nSPS) is 13.6. The van der Waals surface area contributed by atoms with Crippen LogP contribution in [0.5, 0.6) is 0 Å². The zero-order valence-electron chi connectivity index (χ0n) is 37.7. The third-order valence-electron chi connectivity index (χ3n) is 9.46. The minimum atomic E-state index is -0.711. The first-order chi connectivity index (χ1) is 30.6. The van der Waals surface area contributed by atoms with Crippen molar-refractivity contribution in [1.82, 2.24) is 15.1 Å². The Bertz CT molecular complexity index is 1850. The van der Waals surface area contributed by atoms with Crippen molar-refractivity contribution in [2.45, 2.75) is 124 Å². The lowest BCUT2D eigenvalue weighted by molar-refractivity contribution is -0.137. The maximum Gasteiger partial charge on any atom is 0.303 e. The zero-order chi connectivity index (χ0) is 47.9. The molecule has 0 spiro atoms. The Morgan fingerprint density at radius 3 is 1.20 bits per heavy atom. The van der Waals surface area contributed by atoms with Crippen molar-refractivity contribution in [2.75, 3.05) is 26.2 Å². The van der Waals surface area contributed by atoms with E-state index in [0.29, 0.717) is 64.6 Å². The average Bonchev–Trinajstić information content (AvgIpc) is 3.63. The summed E-state index contributed by atoms with van der Waals surface area (Å²) in [6, 6.07) is 23.6. The quantitative estimate of drug-likeness (QED) is 0.172. The molecule has 0 aliphatic carbocycles. The van der Waals surface area contributed by atoms with Gasteiger partial charge in [0, 0.05) is 71.0 Å². The average molecular weight is 927 g/mol. The summed E-state index contributed by atoms with van der Waals surface area (Å²) in [4.78, 5) is 90.7. The highest BCUT2D eigenvalue weighted by Gasteiger charge is 2.24. The molecule has 13 nitrogen and oxygen atoms in total. The molecule has 15 heteroatoms. The molecular formula is C49H65Cl2N3O10. The molecule has 6 rings (SSSR count). The van der Waals surface area contributed by atoms with Crippen molar-refractivity contribution in [3.8, 4) is 0 Å². The van der Waals surface area contributed by atoms with Crippen LogP contribution in [0.4, 0.5) is 0 Å². The summed E-state index contributed by atoms with van der Waals surface area (Å²) in [6.45, 7) is 10.2. The number of aliphatic carboxylic acids is 1. The van der Waals surface area contributed by atoms with Crippen LogP contribution in [-0.4, -0.2) is 91.9 Å². The highest BCUT2D eigenvalue weighted by atomic mass is 35.5. The van der Waals surface area contributed by atoms with Gasteiger partial charge in [0.15, 0.2) is 17.3 Å². The number of amides is 2. The molecule has 64 heavy (non-hydrogen) atoms. The van der Waals surface area contributed by atoms with E-state index in [1.807, 2.05) is 94.4 Å². The number of halogens is 2. The number of benzene rings is 3. The minimum absolute atomic E-state index is 0.0428. The van der Waals surface area contributed by atoms with Crippen LogP contribution in [0.15, 0.2) is 72.8 Å². The Morgan fingerprint density at radius 1 is 0.500 bits per heavy atom. The van der Waals surface area contributed by atoms with E-state index < -0.39 is 5.97 Å². The molecule has 3 N–H and O–H groups in total. The van der Waals surface area contributed by atoms with Gasteiger partial charge in [0.05, 0.1) is 26.2 Å². The maximum atomic E-state index is 11.9. The van der Waals surface area contributed by atoms with Crippen molar-refractivity contribution in [2.24, 2.45) is 0 Å². The Balaban J connectivity index is 0.000000408. The van der Waals surface area contributed by atoms with E-state index in [1.165, 1.54) is 16.0 Å². The Hall–Kier alpha value is -5.08. The largest absolute Gasteiger partial charge is 0.481 e. The van der Waals surface area contributed by atoms with Gasteiger partial charge in [-0.1, -0.05) is 100 Å². The Labute approximate surface area is 387 Å². The number of ketones is 3. The lowest BCUT2D eigenvalue weighted by atomic mass is 10.0. The number of hydrogen-bond donors (Lipinski definition) is 3. The van der Waals surface area contributed by atoms with Crippen LogP contribution < -0.4 is 5.32 Å². The predicted molar refractivity (Wildman–Crippen MR) is 249 cm³/mol. The first kappa shape index (κ1) is 56.9. The second kappa shape index (κ2) is 33.4. The molecule has 3 aromatic carbocycles. The van der Waals surface area contributed by atoms with Crippen LogP contribution in [0.3, 0.4) is 0 Å². The number of carbonyl (C=O) groups is 8. The van der Waals surface area contributed by atoms with Crippen molar-refractivity contribution in [1.29, 1.82) is 0 Å². The zero-order valence-corrected chi connectivity index (χ0v) is 39.2. The summed E-state index contributed by atoms with van der Waals surface area (Å²) in [7, 11) is 0. The smallest absolute Gasteiger partial charge is 0.303 e. The SMILES string of the molecule is CCCC(=O)Cl.CCCC(=O)Cl.CCCC(=O)N1CC(=O)Cc2ccccc2C1.CCCC(=O)O.O=C1CNCc2ccccc2C1.O=C1Cc2ccccc2CN(C(=O)CCO)C1. The van der Waals surface area contributed by atoms with Crippen molar-refractivity contribution < 1.29 is 48.6 Å². The molecule has 0 unspecified atom stereocenters. The minimum Gasteiger partial charge on any atom is -0.481 e. The second-order valence-electron chi connectivity index (χ2n) is 15.1. The van der Waals surface area contributed by atoms with Gasteiger partial charge in [0.2, 0.25) is 22.3 Å². The van der Waals surface area contributed by atoms with Gasteiger partial charge >= 0.3 is 5.97 Å². The van der Waals surface area contributed by atoms with Gasteiger partial charge in [-0.15, -0.1) is 0 Å². The van der Waals surface area contributed by atoms with Gasteiger partial charge in [-0.3, -0.25) is 38.4 Å². The summed E-state index contributed by atoms with van der Waals surface area (Å²) in [5.74, 6) is -0.354. The first-order valence-electron chi connectivity index (χ1n) is 21.8. The molecule has 0 saturated heterocycles. The molecule has 0 aromatic heterocycles. The van der Waals surface area contributed by atoms with Crippen LogP contribution in [0.1, 0.15) is 119 Å². The number of fused-ring (bicyclic) bond motifs is 3. The summed E-state index contributed by atoms with van der Waals surface area (Å²) < 4.78 is 0. The topological polar surface area (TPSA) is 196 Å². The van der Waals surface area contributed by atoms with Gasteiger partial charge in [-0.05, 0) is 82.3 Å². The number of nitrogens with zero attached hydrogens (tertiary/aromatic N) is 2. The number of carbonyl (C=O) groups excluding carboxylic acids is 7. The molecule has 0 bridgehead atoms. The number of carboxylic acid groups (broad SMARTS) is 1. The lowest BCUT2D eigenvalue weighted by Crippen LogP contribution is -2.34. The fourth-order valence-electron chi connectivity index (χ4n) is 6.35. The number of carboxylic acids is 1. The number of aliphatic hydroxyl groups excluding tert-OH is 1. The molecular weight excluding hydrogens is 861 g/mol. The number of rotatable bonds is 10. The van der Waals surface area contributed by atoms with Crippen LogP contribution in [0.2, 0.25) is 0 Å². The summed E-state index contributed by atoms with van der Waals surface area (Å²) in [6.07, 6.45) is 6.58. The standard InChI is InChI=1S/C14H17NO2.C13H15NO3.C10H11NO.2C4H7ClO.C4H8O2/c1-2-5-14(17)15-9-12-7-4-3-6-11(12)8-13(16)10-15;15-6-5-13(17)14-8-11-4-2-1-3-10(11)7-12(16)9-14;12-10-5-8-3-1-2-4-9(8)6-11-7-10;3*1-2-3-4(5)6/h3-4,6-7H,2,5,8-10H2,1H3;1-4,15H,5-9H2;1-4,11H,5-7H2;2*2-3H2,1H3;2-3H2,1H3,(H,5,6). The predicted octanol–water partition coefficient (Wildman–Crippen LogP) is 7.34. The highest BCUT2D eigenvalue weighted by molar-refractivity contribution is 6.63. The van der Waals surface area contributed by atoms with Gasteiger partial charge in [-0.2, -0.15) is 0 Å². The van der Waals surface area contributed by atoms with Crippen molar-refractivity contribution in [3.05, 3.63) is 106 Å². The molecule has 3 aliphatic rings. The summed E-state index contributed by atoms with van der Waals surface area (Å²) >= 11 is 9.88. The molecule has 0 fully saturated rings. The second-order valence-corrected chi connectivity index (χ2v) is 16.0. The molecule has 0 saturated carbocycles. The van der Waals surface area contributed by atoms with Crippen LogP contribution >= 0.6 is 23.2 Å². The number of hydrogen-bond acceptors (Lipinski definition) is 10. The first-order valence-corrected chi connectivity index (χ1v) is 22.5. The van der Waals surface area contributed by atoms with Gasteiger partial charge in [-0.25, -0.2) is 0 Å². The molecule has 350 valence electrons. The third-order valence-corrected chi connectivity index (χ3v) is 9.84. The third kappa shape index (κ3) is 24.7. The summed E-state index contributed by atoms with van der Waals surface area (Å²) in [5, 5.41) is 19.3. The van der Waals surface area contributed by atoms with E-state index in [-0.39, 0.29) is 65.8 Å². The van der Waals surface area contributed by atoms with Gasteiger partial charge in [0.1, 0.15) is 0 Å². The van der Waals surface area contributed by atoms with Crippen LogP contribution in [-0.2, 0) is 77.3 Å². The number of aliphatic hydroxyl groups is 1. The van der Waals surface area contributed by atoms with E-state index >= 15 is 0 Å². The van der Waals surface area contributed by atoms with E-state index in [1.54, 1.807) is 4.90 Å². The highest BCUT2D eigenvalue weighted by Crippen LogP contribution is 2.19. The molecule has 3 aliphatic heterocycles. The molecule has 2 amide bonds. The monoisotopic (exact) mass is 925 g/mol. The van der Waals surface area contributed by atoms with Crippen LogP contribution in [0.25, 0.3) is 0 Å². The Kier molecular flexibility index (Phi) is 29.7. The lowest BCUT2D eigenvalue weighted by Gasteiger charge is -2.19. The fourth-order valence-corrected chi connectivity index (χ4v) is 6.73. The summed E-state index contributed by atoms with van der Waals surface area (Å²) in [5.41, 5.74) is 6.60. The Morgan fingerprint density at radius 2 is 0.859 bits per heavy atom. The number of nitrogens with one attached hydrogen (secondary N) is 1. The number of Topliss-reactive ketones (excluding diaryl/α,β-unsaturated/α-hetero) is 3. The maximum absolute atomic E-state index is 11.9. The fraction of sp³-hybridized carbons (Fsp3) is 0.469. The molecule has 0 atom stereocenters. The molecule has 0 radical (unpaired) electrons. The van der Waals surface area contributed by atoms with Crippen molar-refractivity contribution in [3.63, 3.8) is 0 Å². The van der Waals surface area contributed by atoms with Crippen LogP contribution in [0, 0.1) is 0 Å².